The first-order valence-electron chi connectivity index (χ1n) is 7.25. The molecule has 3 rings (SSSR count). The van der Waals surface area contributed by atoms with E-state index in [1.54, 1.807) is 24.3 Å². The molecule has 0 saturated carbocycles. The lowest BCUT2D eigenvalue weighted by Crippen LogP contribution is -2.43. The molecule has 132 valence electrons. The second kappa shape index (κ2) is 6.34. The highest BCUT2D eigenvalue weighted by molar-refractivity contribution is 7.16. The predicted molar refractivity (Wildman–Crippen MR) is 88.8 cm³/mol. The first-order chi connectivity index (χ1) is 11.7. The van der Waals surface area contributed by atoms with Crippen LogP contribution in [-0.2, 0) is 17.8 Å². The highest BCUT2D eigenvalue weighted by Crippen LogP contribution is 2.37. The Kier molecular flexibility index (Phi) is 4.51. The van der Waals surface area contributed by atoms with E-state index in [4.69, 9.17) is 17.3 Å². The Morgan fingerprint density at radius 2 is 1.84 bits per heavy atom. The van der Waals surface area contributed by atoms with Crippen molar-refractivity contribution in [1.29, 1.82) is 0 Å². The molecule has 2 N–H and O–H groups in total. The molecule has 9 heteroatoms. The van der Waals surface area contributed by atoms with Gasteiger partial charge in [-0.15, -0.1) is 11.3 Å². The summed E-state index contributed by atoms with van der Waals surface area (Å²) in [5.74, 6) is -2.18. The van der Waals surface area contributed by atoms with Crippen LogP contribution >= 0.6 is 22.9 Å². The highest BCUT2D eigenvalue weighted by Gasteiger charge is 2.43. The Morgan fingerprint density at radius 1 is 1.20 bits per heavy atom. The second-order valence-corrected chi connectivity index (χ2v) is 7.13. The standard InChI is InChI=1S/C16H12ClF3N2O2S/c17-9-3-1-8(2-4-9)13(23)12-10-5-6-22(15(24)16(18,19)20)7-11(10)25-14(12)21/h1-4H,5-7,21H2. The lowest BCUT2D eigenvalue weighted by Gasteiger charge is -2.27. The first-order valence-corrected chi connectivity index (χ1v) is 8.44. The van der Waals surface area contributed by atoms with Crippen LogP contribution in [0.2, 0.25) is 5.02 Å². The van der Waals surface area contributed by atoms with Gasteiger partial charge in [0.15, 0.2) is 5.78 Å². The lowest BCUT2D eigenvalue weighted by molar-refractivity contribution is -0.186. The molecule has 0 unspecified atom stereocenters. The van der Waals surface area contributed by atoms with Gasteiger partial charge in [-0.1, -0.05) is 11.6 Å². The normalized spacial score (nSPS) is 14.3. The number of halogens is 4. The Hall–Kier alpha value is -2.06. The van der Waals surface area contributed by atoms with Gasteiger partial charge in [0.1, 0.15) is 0 Å². The number of fused-ring (bicyclic) bond motifs is 1. The predicted octanol–water partition coefficient (Wildman–Crippen LogP) is 3.66. The van der Waals surface area contributed by atoms with Gasteiger partial charge < -0.3 is 10.6 Å². The zero-order valence-corrected chi connectivity index (χ0v) is 14.3. The van der Waals surface area contributed by atoms with Gasteiger partial charge >= 0.3 is 12.1 Å². The van der Waals surface area contributed by atoms with Gasteiger partial charge in [-0.25, -0.2) is 0 Å². The summed E-state index contributed by atoms with van der Waals surface area (Å²) in [6.07, 6.45) is -4.76. The second-order valence-electron chi connectivity index (χ2n) is 5.55. The maximum absolute atomic E-state index is 12.7. The molecule has 1 aromatic heterocycles. The van der Waals surface area contributed by atoms with Crippen LogP contribution in [0.1, 0.15) is 26.4 Å². The van der Waals surface area contributed by atoms with Gasteiger partial charge in [0.05, 0.1) is 17.1 Å². The van der Waals surface area contributed by atoms with E-state index in [0.29, 0.717) is 26.6 Å². The summed E-state index contributed by atoms with van der Waals surface area (Å²) in [7, 11) is 0. The molecule has 25 heavy (non-hydrogen) atoms. The monoisotopic (exact) mass is 388 g/mol. The summed E-state index contributed by atoms with van der Waals surface area (Å²) in [6.45, 7) is -0.307. The fourth-order valence-electron chi connectivity index (χ4n) is 2.77. The first kappa shape index (κ1) is 17.8. The topological polar surface area (TPSA) is 63.4 Å². The van der Waals surface area contributed by atoms with Crippen molar-refractivity contribution < 1.29 is 22.8 Å². The number of amides is 1. The highest BCUT2D eigenvalue weighted by atomic mass is 35.5. The summed E-state index contributed by atoms with van der Waals surface area (Å²) < 4.78 is 37.8. The summed E-state index contributed by atoms with van der Waals surface area (Å²) in [4.78, 5) is 25.4. The minimum Gasteiger partial charge on any atom is -0.390 e. The smallest absolute Gasteiger partial charge is 0.390 e. The molecule has 2 aromatic rings. The van der Waals surface area contributed by atoms with Crippen LogP contribution in [0.4, 0.5) is 18.2 Å². The van der Waals surface area contributed by atoms with Crippen LogP contribution in [0.3, 0.4) is 0 Å². The van der Waals surface area contributed by atoms with Crippen LogP contribution in [0.15, 0.2) is 24.3 Å². The van der Waals surface area contributed by atoms with Crippen molar-refractivity contribution in [3.63, 3.8) is 0 Å². The number of carbonyl (C=O) groups is 2. The number of ketones is 1. The van der Waals surface area contributed by atoms with Crippen molar-refractivity contribution in [1.82, 2.24) is 4.90 Å². The quantitative estimate of drug-likeness (QED) is 0.798. The number of anilines is 1. The van der Waals surface area contributed by atoms with Crippen LogP contribution < -0.4 is 5.73 Å². The zero-order chi connectivity index (χ0) is 18.4. The Morgan fingerprint density at radius 3 is 2.44 bits per heavy atom. The SMILES string of the molecule is Nc1sc2c(c1C(=O)c1ccc(Cl)cc1)CCN(C(=O)C(F)(F)F)C2. The van der Waals surface area contributed by atoms with Crippen molar-refractivity contribution in [3.8, 4) is 0 Å². The molecule has 0 spiro atoms. The molecule has 0 bridgehead atoms. The van der Waals surface area contributed by atoms with Crippen LogP contribution in [-0.4, -0.2) is 29.3 Å². The van der Waals surface area contributed by atoms with Gasteiger partial charge in [-0.2, -0.15) is 13.2 Å². The molecular weight excluding hydrogens is 377 g/mol. The van der Waals surface area contributed by atoms with E-state index in [1.165, 1.54) is 0 Å². The van der Waals surface area contributed by atoms with Gasteiger partial charge in [-0.3, -0.25) is 9.59 Å². The maximum Gasteiger partial charge on any atom is 0.471 e. The summed E-state index contributed by atoms with van der Waals surface area (Å²) in [5, 5.41) is 0.726. The van der Waals surface area contributed by atoms with Crippen molar-refractivity contribution >= 4 is 39.6 Å². The molecule has 0 saturated heterocycles. The van der Waals surface area contributed by atoms with Crippen molar-refractivity contribution in [2.24, 2.45) is 0 Å². The number of carbonyl (C=O) groups excluding carboxylic acids is 2. The van der Waals surface area contributed by atoms with Gasteiger partial charge in [0, 0.05) is 22.0 Å². The Labute approximate surface area is 150 Å². The Bertz CT molecular complexity index is 846. The molecule has 2 heterocycles. The average molecular weight is 389 g/mol. The maximum atomic E-state index is 12.7. The molecule has 1 aromatic carbocycles. The minimum absolute atomic E-state index is 0.109. The third-order valence-corrected chi connectivity index (χ3v) is 5.25. The molecule has 4 nitrogen and oxygen atoms in total. The fourth-order valence-corrected chi connectivity index (χ4v) is 4.03. The Balaban J connectivity index is 1.91. The van der Waals surface area contributed by atoms with Gasteiger partial charge in [0.2, 0.25) is 0 Å². The number of thiophene rings is 1. The van der Waals surface area contributed by atoms with E-state index in [0.717, 1.165) is 16.2 Å². The molecule has 1 aliphatic heterocycles. The number of alkyl halides is 3. The summed E-state index contributed by atoms with van der Waals surface area (Å²) in [5.41, 5.74) is 7.26. The van der Waals surface area contributed by atoms with Crippen LogP contribution in [0, 0.1) is 0 Å². The molecule has 1 amide bonds. The number of benzene rings is 1. The van der Waals surface area contributed by atoms with Gasteiger partial charge in [-0.05, 0) is 36.2 Å². The summed E-state index contributed by atoms with van der Waals surface area (Å²) in [6, 6.07) is 6.29. The lowest BCUT2D eigenvalue weighted by atomic mass is 9.96. The number of nitrogens with two attached hydrogens (primary N) is 1. The largest absolute Gasteiger partial charge is 0.471 e. The van der Waals surface area contributed by atoms with E-state index in [-0.39, 0.29) is 30.3 Å². The molecule has 0 radical (unpaired) electrons. The number of hydrogen-bond donors (Lipinski definition) is 1. The van der Waals surface area contributed by atoms with E-state index in [9.17, 15) is 22.8 Å². The minimum atomic E-state index is -4.91. The molecule has 0 fully saturated rings. The number of hydrogen-bond acceptors (Lipinski definition) is 4. The van der Waals surface area contributed by atoms with Crippen LogP contribution in [0.25, 0.3) is 0 Å². The fraction of sp³-hybridized carbons (Fsp3) is 0.250. The van der Waals surface area contributed by atoms with E-state index in [2.05, 4.69) is 0 Å². The van der Waals surface area contributed by atoms with Crippen molar-refractivity contribution in [2.75, 3.05) is 12.3 Å². The zero-order valence-electron chi connectivity index (χ0n) is 12.7. The molecule has 1 aliphatic rings. The van der Waals surface area contributed by atoms with Gasteiger partial charge in [0.25, 0.3) is 0 Å². The average Bonchev–Trinajstić information content (AvgIpc) is 2.88. The van der Waals surface area contributed by atoms with Crippen molar-refractivity contribution in [2.45, 2.75) is 19.1 Å². The third-order valence-electron chi connectivity index (χ3n) is 3.95. The molecule has 0 aliphatic carbocycles. The molecular formula is C16H12ClF3N2O2S. The molecule has 0 atom stereocenters. The van der Waals surface area contributed by atoms with E-state index < -0.39 is 12.1 Å². The van der Waals surface area contributed by atoms with Crippen LogP contribution in [0.5, 0.6) is 0 Å². The number of rotatable bonds is 2. The van der Waals surface area contributed by atoms with Crippen molar-refractivity contribution in [3.05, 3.63) is 50.9 Å². The van der Waals surface area contributed by atoms with E-state index in [1.807, 2.05) is 0 Å². The number of nitrogens with zero attached hydrogens (tertiary/aromatic N) is 1. The summed E-state index contributed by atoms with van der Waals surface area (Å²) >= 11 is 6.85. The number of nitrogen functional groups attached to an aromatic ring is 1. The van der Waals surface area contributed by atoms with E-state index >= 15 is 0 Å². The third kappa shape index (κ3) is 3.36.